The Bertz CT molecular complexity index is 554. The SMILES string of the molecule is CNc1nccc(Nc2cc(Cl)c(F)c(Cl)c2)n1. The summed E-state index contributed by atoms with van der Waals surface area (Å²) < 4.78 is 13.2. The van der Waals surface area contributed by atoms with E-state index in [0.717, 1.165) is 0 Å². The highest BCUT2D eigenvalue weighted by Crippen LogP contribution is 2.28. The van der Waals surface area contributed by atoms with Gasteiger partial charge in [0.05, 0.1) is 10.0 Å². The molecular weight excluding hydrogens is 278 g/mol. The standard InChI is InChI=1S/C11H9Cl2FN4/c1-15-11-16-3-2-9(18-11)17-6-4-7(12)10(14)8(13)5-6/h2-5H,1H3,(H2,15,16,17,18). The van der Waals surface area contributed by atoms with E-state index in [4.69, 9.17) is 23.2 Å². The molecule has 18 heavy (non-hydrogen) atoms. The van der Waals surface area contributed by atoms with Gasteiger partial charge in [-0.25, -0.2) is 9.37 Å². The lowest BCUT2D eigenvalue weighted by Gasteiger charge is -2.08. The zero-order valence-corrected chi connectivity index (χ0v) is 10.8. The van der Waals surface area contributed by atoms with E-state index in [1.165, 1.54) is 12.1 Å². The van der Waals surface area contributed by atoms with Crippen molar-refractivity contribution in [1.29, 1.82) is 0 Å². The molecule has 0 aliphatic heterocycles. The topological polar surface area (TPSA) is 49.8 Å². The summed E-state index contributed by atoms with van der Waals surface area (Å²) in [4.78, 5) is 8.13. The van der Waals surface area contributed by atoms with Gasteiger partial charge in [-0.05, 0) is 18.2 Å². The number of benzene rings is 1. The normalized spacial score (nSPS) is 10.2. The van der Waals surface area contributed by atoms with E-state index in [-0.39, 0.29) is 10.0 Å². The Labute approximate surface area is 113 Å². The molecule has 4 nitrogen and oxygen atoms in total. The number of anilines is 3. The maximum absolute atomic E-state index is 13.2. The van der Waals surface area contributed by atoms with Crippen molar-refractivity contribution in [3.8, 4) is 0 Å². The summed E-state index contributed by atoms with van der Waals surface area (Å²) >= 11 is 11.4. The van der Waals surface area contributed by atoms with Crippen LogP contribution in [-0.4, -0.2) is 17.0 Å². The second-order valence-corrected chi connectivity index (χ2v) is 4.21. The smallest absolute Gasteiger partial charge is 0.224 e. The van der Waals surface area contributed by atoms with Crippen molar-refractivity contribution < 1.29 is 4.39 Å². The zero-order valence-electron chi connectivity index (χ0n) is 9.34. The first kappa shape index (κ1) is 12.9. The van der Waals surface area contributed by atoms with Gasteiger partial charge in [0.2, 0.25) is 5.95 Å². The summed E-state index contributed by atoms with van der Waals surface area (Å²) in [5.41, 5.74) is 0.548. The van der Waals surface area contributed by atoms with Crippen LogP contribution in [0.25, 0.3) is 0 Å². The minimum Gasteiger partial charge on any atom is -0.357 e. The first-order valence-electron chi connectivity index (χ1n) is 5.02. The van der Waals surface area contributed by atoms with Gasteiger partial charge < -0.3 is 10.6 Å². The van der Waals surface area contributed by atoms with Crippen LogP contribution in [0.1, 0.15) is 0 Å². The van der Waals surface area contributed by atoms with Gasteiger partial charge in [-0.15, -0.1) is 0 Å². The van der Waals surface area contributed by atoms with Crippen molar-refractivity contribution in [2.45, 2.75) is 0 Å². The van der Waals surface area contributed by atoms with Crippen molar-refractivity contribution in [3.05, 3.63) is 40.3 Å². The molecule has 0 saturated carbocycles. The summed E-state index contributed by atoms with van der Waals surface area (Å²) in [6, 6.07) is 4.54. The highest BCUT2D eigenvalue weighted by molar-refractivity contribution is 6.35. The van der Waals surface area contributed by atoms with Gasteiger partial charge in [-0.3, -0.25) is 0 Å². The van der Waals surface area contributed by atoms with Crippen molar-refractivity contribution in [2.24, 2.45) is 0 Å². The van der Waals surface area contributed by atoms with Crippen molar-refractivity contribution in [1.82, 2.24) is 9.97 Å². The number of rotatable bonds is 3. The average molecular weight is 287 g/mol. The zero-order chi connectivity index (χ0) is 13.1. The molecule has 2 aromatic rings. The summed E-state index contributed by atoms with van der Waals surface area (Å²) in [6.07, 6.45) is 1.59. The monoisotopic (exact) mass is 286 g/mol. The van der Waals surface area contributed by atoms with Crippen molar-refractivity contribution >= 4 is 40.7 Å². The molecule has 2 N–H and O–H groups in total. The van der Waals surface area contributed by atoms with Crippen LogP contribution in [-0.2, 0) is 0 Å². The van der Waals surface area contributed by atoms with Crippen LogP contribution in [0.5, 0.6) is 0 Å². The lowest BCUT2D eigenvalue weighted by atomic mass is 10.3. The number of halogens is 3. The molecule has 0 aliphatic carbocycles. The molecule has 0 radical (unpaired) electrons. The molecule has 0 amide bonds. The predicted molar refractivity (Wildman–Crippen MR) is 71.3 cm³/mol. The molecule has 0 atom stereocenters. The fourth-order valence-corrected chi connectivity index (χ4v) is 1.81. The molecule has 0 bridgehead atoms. The second-order valence-electron chi connectivity index (χ2n) is 3.39. The summed E-state index contributed by atoms with van der Waals surface area (Å²) in [6.45, 7) is 0. The summed E-state index contributed by atoms with van der Waals surface area (Å²) in [5, 5.41) is 5.68. The molecule has 1 heterocycles. The Morgan fingerprint density at radius 2 is 1.89 bits per heavy atom. The first-order valence-corrected chi connectivity index (χ1v) is 5.78. The fourth-order valence-electron chi connectivity index (χ4n) is 1.32. The quantitative estimate of drug-likeness (QED) is 0.845. The average Bonchev–Trinajstić information content (AvgIpc) is 2.36. The van der Waals surface area contributed by atoms with Gasteiger partial charge in [0.1, 0.15) is 5.82 Å². The third-order valence-corrected chi connectivity index (χ3v) is 2.69. The van der Waals surface area contributed by atoms with E-state index < -0.39 is 5.82 Å². The Balaban J connectivity index is 2.28. The van der Waals surface area contributed by atoms with E-state index in [9.17, 15) is 4.39 Å². The molecule has 0 unspecified atom stereocenters. The van der Waals surface area contributed by atoms with Crippen molar-refractivity contribution in [3.63, 3.8) is 0 Å². The third-order valence-electron chi connectivity index (χ3n) is 2.14. The number of aromatic nitrogens is 2. The van der Waals surface area contributed by atoms with Gasteiger partial charge in [-0.1, -0.05) is 23.2 Å². The highest BCUT2D eigenvalue weighted by atomic mass is 35.5. The Morgan fingerprint density at radius 1 is 1.22 bits per heavy atom. The fraction of sp³-hybridized carbons (Fsp3) is 0.0909. The van der Waals surface area contributed by atoms with Crippen LogP contribution in [0.4, 0.5) is 21.8 Å². The van der Waals surface area contributed by atoms with E-state index in [2.05, 4.69) is 20.6 Å². The van der Waals surface area contributed by atoms with Crippen LogP contribution >= 0.6 is 23.2 Å². The highest BCUT2D eigenvalue weighted by Gasteiger charge is 2.08. The summed E-state index contributed by atoms with van der Waals surface area (Å²) in [5.74, 6) is 0.384. The molecule has 0 spiro atoms. The maximum Gasteiger partial charge on any atom is 0.224 e. The molecular formula is C11H9Cl2FN4. The Hall–Kier alpha value is -1.59. The van der Waals surface area contributed by atoms with Gasteiger partial charge in [0.25, 0.3) is 0 Å². The lowest BCUT2D eigenvalue weighted by molar-refractivity contribution is 0.629. The number of nitrogens with zero attached hydrogens (tertiary/aromatic N) is 2. The molecule has 0 aliphatic rings. The largest absolute Gasteiger partial charge is 0.357 e. The molecule has 7 heteroatoms. The Morgan fingerprint density at radius 3 is 2.50 bits per heavy atom. The van der Waals surface area contributed by atoms with Gasteiger partial charge in [0.15, 0.2) is 5.82 Å². The van der Waals surface area contributed by atoms with Gasteiger partial charge in [-0.2, -0.15) is 4.98 Å². The molecule has 1 aromatic heterocycles. The van der Waals surface area contributed by atoms with E-state index in [1.54, 1.807) is 19.3 Å². The van der Waals surface area contributed by atoms with Gasteiger partial charge in [0, 0.05) is 18.9 Å². The van der Waals surface area contributed by atoms with Crippen LogP contribution in [0.2, 0.25) is 10.0 Å². The molecule has 0 fully saturated rings. The second kappa shape index (κ2) is 5.37. The minimum absolute atomic E-state index is 0.0482. The lowest BCUT2D eigenvalue weighted by Crippen LogP contribution is -2.00. The maximum atomic E-state index is 13.2. The third kappa shape index (κ3) is 2.80. The number of hydrogen-bond donors (Lipinski definition) is 2. The van der Waals surface area contributed by atoms with Crippen LogP contribution in [0, 0.1) is 5.82 Å². The molecule has 1 aromatic carbocycles. The number of hydrogen-bond acceptors (Lipinski definition) is 4. The Kier molecular flexibility index (Phi) is 3.84. The minimum atomic E-state index is -0.637. The number of nitrogens with one attached hydrogen (secondary N) is 2. The van der Waals surface area contributed by atoms with Crippen LogP contribution in [0.3, 0.4) is 0 Å². The van der Waals surface area contributed by atoms with Gasteiger partial charge >= 0.3 is 0 Å². The van der Waals surface area contributed by atoms with Crippen molar-refractivity contribution in [2.75, 3.05) is 17.7 Å². The van der Waals surface area contributed by atoms with E-state index in [0.29, 0.717) is 17.5 Å². The predicted octanol–water partition coefficient (Wildman–Crippen LogP) is 3.71. The molecule has 0 saturated heterocycles. The van der Waals surface area contributed by atoms with E-state index in [1.807, 2.05) is 0 Å². The van der Waals surface area contributed by atoms with Crippen LogP contribution in [0.15, 0.2) is 24.4 Å². The first-order chi connectivity index (χ1) is 8.60. The van der Waals surface area contributed by atoms with E-state index >= 15 is 0 Å². The molecule has 2 rings (SSSR count). The summed E-state index contributed by atoms with van der Waals surface area (Å²) in [7, 11) is 1.71. The van der Waals surface area contributed by atoms with Crippen LogP contribution < -0.4 is 10.6 Å². The molecule has 94 valence electrons.